The Kier molecular flexibility index (Phi) is 16.5. The molecule has 0 aliphatic carbocycles. The number of benzene rings is 8. The van der Waals surface area contributed by atoms with Crippen LogP contribution >= 0.6 is 15.2 Å². The van der Waals surface area contributed by atoms with Crippen molar-refractivity contribution in [1.29, 1.82) is 0 Å². The molecule has 0 radical (unpaired) electrons. The van der Waals surface area contributed by atoms with Gasteiger partial charge in [-0.05, 0) is 116 Å². The van der Waals surface area contributed by atoms with E-state index in [1.165, 1.54) is 44.5 Å². The van der Waals surface area contributed by atoms with Crippen LogP contribution in [0.3, 0.4) is 0 Å². The average Bonchev–Trinajstić information content (AvgIpc) is 3.45. The van der Waals surface area contributed by atoms with E-state index in [1.807, 2.05) is 24.3 Å². The zero-order valence-corrected chi connectivity index (χ0v) is 45.5. The van der Waals surface area contributed by atoms with Crippen molar-refractivity contribution in [2.75, 3.05) is 26.4 Å². The largest absolute Gasteiger partial charge is 0.342 e. The number of hydrogen-bond acceptors (Lipinski definition) is 6. The molecule has 1 spiro atoms. The van der Waals surface area contributed by atoms with Crippen LogP contribution in [0.2, 0.25) is 0 Å². The third-order valence-corrected chi connectivity index (χ3v) is 20.1. The second kappa shape index (κ2) is 23.5. The molecule has 4 atom stereocenters. The average molecular weight is 1030 g/mol. The van der Waals surface area contributed by atoms with Crippen molar-refractivity contribution in [1.82, 2.24) is 0 Å². The van der Waals surface area contributed by atoms with Gasteiger partial charge >= 0.3 is 15.2 Å². The quantitative estimate of drug-likeness (QED) is 0.0798. The van der Waals surface area contributed by atoms with Gasteiger partial charge in [-0.25, -0.2) is 0 Å². The minimum atomic E-state index is -3.84. The molecule has 8 heteroatoms. The van der Waals surface area contributed by atoms with Gasteiger partial charge in [0.2, 0.25) is 0 Å². The van der Waals surface area contributed by atoms with Gasteiger partial charge in [0.05, 0.1) is 31.8 Å². The molecular weight excluding hydrogens is 963 g/mol. The maximum atomic E-state index is 15.4. The molecule has 6 nitrogen and oxygen atoms in total. The first kappa shape index (κ1) is 52.5. The van der Waals surface area contributed by atoms with Crippen LogP contribution in [0.4, 0.5) is 0 Å². The fourth-order valence-corrected chi connectivity index (χ4v) is 15.7. The van der Waals surface area contributed by atoms with Gasteiger partial charge in [-0.1, -0.05) is 246 Å². The molecular formula is C67H70O6P2. The highest BCUT2D eigenvalue weighted by atomic mass is 31.2. The Balaban J connectivity index is 0.879. The Labute approximate surface area is 445 Å². The van der Waals surface area contributed by atoms with Crippen molar-refractivity contribution in [2.45, 2.75) is 88.4 Å². The topological polar surface area (TPSA) is 71.1 Å². The summed E-state index contributed by atoms with van der Waals surface area (Å²) in [6, 6.07) is 76.1. The minimum Gasteiger partial charge on any atom is -0.307 e. The van der Waals surface area contributed by atoms with E-state index in [1.54, 1.807) is 0 Å². The molecule has 0 saturated carbocycles. The molecule has 0 aromatic heterocycles. The van der Waals surface area contributed by atoms with Crippen LogP contribution in [-0.4, -0.2) is 26.4 Å². The van der Waals surface area contributed by atoms with Gasteiger partial charge in [-0.3, -0.25) is 9.13 Å². The Morgan fingerprint density at radius 1 is 0.307 bits per heavy atom. The highest BCUT2D eigenvalue weighted by molar-refractivity contribution is 7.55. The first-order valence-corrected chi connectivity index (χ1v) is 30.0. The molecule has 384 valence electrons. The van der Waals surface area contributed by atoms with E-state index >= 15 is 9.13 Å². The van der Waals surface area contributed by atoms with Crippen molar-refractivity contribution in [3.05, 3.63) is 285 Å². The summed E-state index contributed by atoms with van der Waals surface area (Å²) in [6.07, 6.45) is 3.50. The molecule has 75 heavy (non-hydrogen) atoms. The van der Waals surface area contributed by atoms with Crippen molar-refractivity contribution in [3.63, 3.8) is 0 Å². The van der Waals surface area contributed by atoms with Crippen LogP contribution < -0.4 is 0 Å². The number of rotatable bonds is 18. The van der Waals surface area contributed by atoms with Crippen molar-refractivity contribution in [2.24, 2.45) is 5.41 Å². The molecule has 0 amide bonds. The molecule has 4 unspecified atom stereocenters. The maximum absolute atomic E-state index is 15.4. The Morgan fingerprint density at radius 2 is 0.507 bits per heavy atom. The monoisotopic (exact) mass is 1030 g/mol. The second-order valence-corrected chi connectivity index (χ2v) is 25.7. The standard InChI is InChI=1S/C67H70O6P2/c1-49(57-17-9-5-10-18-57)41-53-25-33-61(34-26-53)65(62-35-27-54(28-36-62)42-50(2)58-19-11-6-12-20-58)74(68)70-45-67(46-71-74)47-72-75(69,73-48-67)66(63-37-29-55(30-38-63)43-51(3)59-21-13-7-14-22-59)64-39-31-56(32-40-64)44-52(4)60-23-15-8-16-24-60/h5-40,49-52,65-66H,41-48H2,1-4H3. The molecule has 0 N–H and O–H groups in total. The van der Waals surface area contributed by atoms with Crippen LogP contribution in [0.15, 0.2) is 218 Å². The van der Waals surface area contributed by atoms with E-state index in [9.17, 15) is 0 Å². The predicted octanol–water partition coefficient (Wildman–Crippen LogP) is 17.4. The van der Waals surface area contributed by atoms with Crippen LogP contribution in [0, 0.1) is 5.41 Å². The Morgan fingerprint density at radius 3 is 0.707 bits per heavy atom. The van der Waals surface area contributed by atoms with Crippen LogP contribution in [0.1, 0.15) is 129 Å². The summed E-state index contributed by atoms with van der Waals surface area (Å²) in [5.74, 6) is 1.34. The molecule has 2 saturated heterocycles. The molecule has 10 rings (SSSR count). The van der Waals surface area contributed by atoms with Crippen LogP contribution in [0.25, 0.3) is 0 Å². The second-order valence-electron chi connectivity index (χ2n) is 21.5. The third-order valence-electron chi connectivity index (χ3n) is 15.7. The molecule has 0 bridgehead atoms. The van der Waals surface area contributed by atoms with Crippen molar-refractivity contribution >= 4 is 15.2 Å². The van der Waals surface area contributed by atoms with E-state index in [-0.39, 0.29) is 26.4 Å². The zero-order valence-electron chi connectivity index (χ0n) is 43.7. The van der Waals surface area contributed by atoms with Crippen LogP contribution in [0.5, 0.6) is 0 Å². The van der Waals surface area contributed by atoms with Gasteiger partial charge in [0, 0.05) is 0 Å². The van der Waals surface area contributed by atoms with Gasteiger partial charge in [-0.2, -0.15) is 0 Å². The third kappa shape index (κ3) is 12.5. The van der Waals surface area contributed by atoms with E-state index < -0.39 is 31.9 Å². The first-order valence-electron chi connectivity index (χ1n) is 26.8. The van der Waals surface area contributed by atoms with E-state index in [0.717, 1.165) is 47.9 Å². The molecule has 8 aromatic carbocycles. The van der Waals surface area contributed by atoms with Crippen LogP contribution in [-0.2, 0) is 52.9 Å². The predicted molar refractivity (Wildman–Crippen MR) is 305 cm³/mol. The van der Waals surface area contributed by atoms with Crippen molar-refractivity contribution < 1.29 is 27.2 Å². The molecule has 2 heterocycles. The van der Waals surface area contributed by atoms with E-state index in [0.29, 0.717) is 23.7 Å². The van der Waals surface area contributed by atoms with Gasteiger partial charge in [0.15, 0.2) is 0 Å². The Hall–Kier alpha value is -5.94. The van der Waals surface area contributed by atoms with E-state index in [4.69, 9.17) is 18.1 Å². The summed E-state index contributed by atoms with van der Waals surface area (Å²) in [6.45, 7) is 9.25. The lowest BCUT2D eigenvalue weighted by Gasteiger charge is -2.45. The maximum Gasteiger partial charge on any atom is 0.342 e. The first-order chi connectivity index (χ1) is 36.4. The highest BCUT2D eigenvalue weighted by Crippen LogP contribution is 2.70. The fourth-order valence-electron chi connectivity index (χ4n) is 11.0. The smallest absolute Gasteiger partial charge is 0.307 e. The summed E-state index contributed by atoms with van der Waals surface area (Å²) < 4.78 is 57.1. The van der Waals surface area contributed by atoms with Gasteiger partial charge in [0.25, 0.3) is 0 Å². The van der Waals surface area contributed by atoms with Crippen molar-refractivity contribution in [3.8, 4) is 0 Å². The van der Waals surface area contributed by atoms with Gasteiger partial charge in [0.1, 0.15) is 11.3 Å². The molecule has 8 aromatic rings. The summed E-state index contributed by atoms with van der Waals surface area (Å²) in [5.41, 5.74) is 11.3. The minimum absolute atomic E-state index is 0.0629. The lowest BCUT2D eigenvalue weighted by atomic mass is 9.92. The molecule has 2 fully saturated rings. The summed E-state index contributed by atoms with van der Waals surface area (Å²) >= 11 is 0. The Bertz CT molecular complexity index is 2740. The summed E-state index contributed by atoms with van der Waals surface area (Å²) in [4.78, 5) is 0. The number of hydrogen-bond donors (Lipinski definition) is 0. The van der Waals surface area contributed by atoms with Gasteiger partial charge in [-0.15, -0.1) is 0 Å². The SMILES string of the molecule is CC(Cc1ccc(C(c2ccc(CC(C)c3ccccc3)cc2)P2(=O)OCC3(CO2)COP(=O)(C(c2ccc(CC(C)c4ccccc4)cc2)c2ccc(CC(C)c4ccccc4)cc2)OC3)cc1)c1ccccc1. The highest BCUT2D eigenvalue weighted by Gasteiger charge is 2.53. The summed E-state index contributed by atoms with van der Waals surface area (Å²) in [7, 11) is -7.68. The molecule has 2 aliphatic heterocycles. The fraction of sp³-hybridized carbons (Fsp3) is 0.284. The van der Waals surface area contributed by atoms with E-state index in [2.05, 4.69) is 222 Å². The molecule has 2 aliphatic rings. The lowest BCUT2D eigenvalue weighted by Crippen LogP contribution is -2.46. The normalized spacial score (nSPS) is 22.1. The van der Waals surface area contributed by atoms with Gasteiger partial charge < -0.3 is 18.1 Å². The lowest BCUT2D eigenvalue weighted by molar-refractivity contribution is -0.0703. The summed E-state index contributed by atoms with van der Waals surface area (Å²) in [5, 5.41) is 0. The zero-order chi connectivity index (χ0) is 51.8.